The van der Waals surface area contributed by atoms with Gasteiger partial charge in [0.25, 0.3) is 0 Å². The molecule has 0 radical (unpaired) electrons. The molecule has 0 aliphatic carbocycles. The first kappa shape index (κ1) is 9.62. The second-order valence-electron chi connectivity index (χ2n) is 3.35. The maximum absolute atomic E-state index is 8.95. The first-order chi connectivity index (χ1) is 7.24. The summed E-state index contributed by atoms with van der Waals surface area (Å²) in [5.74, 6) is 0.525. The van der Waals surface area contributed by atoms with Crippen LogP contribution in [0.1, 0.15) is 5.56 Å². The molecule has 5 heteroatoms. The summed E-state index contributed by atoms with van der Waals surface area (Å²) in [6.45, 7) is 0.447. The molecule has 1 aromatic rings. The lowest BCUT2D eigenvalue weighted by Gasteiger charge is -2.27. The number of nitriles is 1. The van der Waals surface area contributed by atoms with Crippen molar-refractivity contribution in [3.05, 3.63) is 17.7 Å². The summed E-state index contributed by atoms with van der Waals surface area (Å²) in [6, 6.07) is 5.20. The zero-order valence-corrected chi connectivity index (χ0v) is 8.03. The molecule has 1 aliphatic rings. The van der Waals surface area contributed by atoms with Crippen molar-refractivity contribution >= 4 is 11.4 Å². The molecular formula is C10H11N3O2. The van der Waals surface area contributed by atoms with Crippen molar-refractivity contribution < 1.29 is 9.84 Å². The van der Waals surface area contributed by atoms with Gasteiger partial charge < -0.3 is 20.9 Å². The molecule has 5 nitrogen and oxygen atoms in total. The van der Waals surface area contributed by atoms with E-state index < -0.39 is 0 Å². The summed E-state index contributed by atoms with van der Waals surface area (Å²) in [6.07, 6.45) is -0.286. The van der Waals surface area contributed by atoms with Crippen molar-refractivity contribution in [1.82, 2.24) is 0 Å². The highest BCUT2D eigenvalue weighted by Crippen LogP contribution is 2.35. The normalized spacial score (nSPS) is 18.3. The van der Waals surface area contributed by atoms with Crippen LogP contribution in [0, 0.1) is 11.3 Å². The highest BCUT2D eigenvalue weighted by atomic mass is 16.5. The maximum atomic E-state index is 8.95. The van der Waals surface area contributed by atoms with E-state index in [1.165, 1.54) is 0 Å². The molecule has 0 aromatic heterocycles. The Morgan fingerprint density at radius 2 is 2.47 bits per heavy atom. The Labute approximate surface area is 87.1 Å². The van der Waals surface area contributed by atoms with Crippen molar-refractivity contribution in [3.63, 3.8) is 0 Å². The number of rotatable bonds is 1. The topological polar surface area (TPSA) is 91.3 Å². The minimum Gasteiger partial charge on any atom is -0.484 e. The molecule has 1 atom stereocenters. The Balaban J connectivity index is 2.41. The average Bonchev–Trinajstić information content (AvgIpc) is 2.28. The number of anilines is 2. The molecule has 0 bridgehead atoms. The molecule has 4 N–H and O–H groups in total. The molecule has 0 amide bonds. The number of nitrogen functional groups attached to an aromatic ring is 1. The van der Waals surface area contributed by atoms with Crippen LogP contribution < -0.4 is 15.8 Å². The van der Waals surface area contributed by atoms with Crippen LogP contribution >= 0.6 is 0 Å². The third-order valence-corrected chi connectivity index (χ3v) is 2.27. The molecule has 1 heterocycles. The van der Waals surface area contributed by atoms with Crippen molar-refractivity contribution in [2.24, 2.45) is 0 Å². The van der Waals surface area contributed by atoms with Gasteiger partial charge in [-0.1, -0.05) is 0 Å². The minimum absolute atomic E-state index is 0.0663. The van der Waals surface area contributed by atoms with Crippen LogP contribution in [0.2, 0.25) is 0 Å². The summed E-state index contributed by atoms with van der Waals surface area (Å²) in [5.41, 5.74) is 7.38. The van der Waals surface area contributed by atoms with Crippen LogP contribution in [0.3, 0.4) is 0 Å². The Hall–Kier alpha value is -1.93. The number of fused-ring (bicyclic) bond motifs is 1. The van der Waals surface area contributed by atoms with Gasteiger partial charge in [0.05, 0.1) is 30.5 Å². The second-order valence-corrected chi connectivity index (χ2v) is 3.35. The van der Waals surface area contributed by atoms with Crippen molar-refractivity contribution in [3.8, 4) is 11.8 Å². The Bertz CT molecular complexity index is 425. The number of nitrogens with zero attached hydrogens (tertiary/aromatic N) is 1. The molecule has 1 aliphatic heterocycles. The van der Waals surface area contributed by atoms with E-state index in [1.54, 1.807) is 12.1 Å². The molecule has 0 spiro atoms. The third-order valence-electron chi connectivity index (χ3n) is 2.27. The van der Waals surface area contributed by atoms with Crippen molar-refractivity contribution in [2.45, 2.75) is 6.10 Å². The van der Waals surface area contributed by atoms with E-state index in [0.29, 0.717) is 29.2 Å². The molecule has 1 aromatic carbocycles. The minimum atomic E-state index is -0.286. The number of nitrogens with two attached hydrogens (primary N) is 1. The number of hydrogen-bond donors (Lipinski definition) is 3. The first-order valence-corrected chi connectivity index (χ1v) is 4.59. The zero-order valence-electron chi connectivity index (χ0n) is 8.03. The van der Waals surface area contributed by atoms with Gasteiger partial charge in [0, 0.05) is 6.07 Å². The highest BCUT2D eigenvalue weighted by Gasteiger charge is 2.20. The average molecular weight is 205 g/mol. The SMILES string of the molecule is N#Cc1cc(N)c2c(c1)O[C@H](CO)CN2. The second kappa shape index (κ2) is 3.67. The van der Waals surface area contributed by atoms with E-state index in [-0.39, 0.29) is 12.7 Å². The van der Waals surface area contributed by atoms with Gasteiger partial charge in [-0.3, -0.25) is 0 Å². The molecule has 15 heavy (non-hydrogen) atoms. The Kier molecular flexibility index (Phi) is 2.35. The molecule has 0 unspecified atom stereocenters. The fourth-order valence-electron chi connectivity index (χ4n) is 1.52. The predicted octanol–water partition coefficient (Wildman–Crippen LogP) is 0.306. The lowest BCUT2D eigenvalue weighted by molar-refractivity contribution is 0.120. The van der Waals surface area contributed by atoms with Gasteiger partial charge >= 0.3 is 0 Å². The number of hydrogen-bond acceptors (Lipinski definition) is 5. The lowest BCUT2D eigenvalue weighted by Crippen LogP contribution is -2.34. The summed E-state index contributed by atoms with van der Waals surface area (Å²) in [7, 11) is 0. The number of benzene rings is 1. The van der Waals surface area contributed by atoms with Gasteiger partial charge in [-0.05, 0) is 6.07 Å². The van der Waals surface area contributed by atoms with Crippen LogP contribution in [0.15, 0.2) is 12.1 Å². The number of ether oxygens (including phenoxy) is 1. The van der Waals surface area contributed by atoms with Gasteiger partial charge in [-0.25, -0.2) is 0 Å². The van der Waals surface area contributed by atoms with E-state index >= 15 is 0 Å². The fourth-order valence-corrected chi connectivity index (χ4v) is 1.52. The summed E-state index contributed by atoms with van der Waals surface area (Å²) in [5, 5.41) is 20.8. The number of aliphatic hydroxyl groups excluding tert-OH is 1. The van der Waals surface area contributed by atoms with E-state index in [2.05, 4.69) is 5.32 Å². The molecule has 0 saturated heterocycles. The van der Waals surface area contributed by atoms with Gasteiger partial charge in [0.2, 0.25) is 0 Å². The monoisotopic (exact) mass is 205 g/mol. The predicted molar refractivity (Wildman–Crippen MR) is 55.6 cm³/mol. The van der Waals surface area contributed by atoms with E-state index in [9.17, 15) is 0 Å². The van der Waals surface area contributed by atoms with Crippen molar-refractivity contribution in [2.75, 3.05) is 24.2 Å². The van der Waals surface area contributed by atoms with E-state index in [0.717, 1.165) is 0 Å². The van der Waals surface area contributed by atoms with Crippen molar-refractivity contribution in [1.29, 1.82) is 5.26 Å². The molecule has 0 fully saturated rings. The Morgan fingerprint density at radius 1 is 1.67 bits per heavy atom. The van der Waals surface area contributed by atoms with Gasteiger partial charge in [-0.15, -0.1) is 0 Å². The van der Waals surface area contributed by atoms with Crippen LogP contribution in [0.25, 0.3) is 0 Å². The standard InChI is InChI=1S/C10H11N3O2/c11-3-6-1-8(12)10-9(2-6)15-7(5-14)4-13-10/h1-2,7,13-14H,4-5,12H2/t7-/m0/s1. The van der Waals surface area contributed by atoms with E-state index in [1.807, 2.05) is 6.07 Å². The third kappa shape index (κ3) is 1.67. The zero-order chi connectivity index (χ0) is 10.8. The van der Waals surface area contributed by atoms with Crippen LogP contribution in [-0.2, 0) is 0 Å². The Morgan fingerprint density at radius 3 is 3.13 bits per heavy atom. The summed E-state index contributed by atoms with van der Waals surface area (Å²) < 4.78 is 5.46. The molecule has 2 rings (SSSR count). The van der Waals surface area contributed by atoms with Crippen LogP contribution in [-0.4, -0.2) is 24.4 Å². The van der Waals surface area contributed by atoms with Crippen LogP contribution in [0.5, 0.6) is 5.75 Å². The maximum Gasteiger partial charge on any atom is 0.146 e. The molecular weight excluding hydrogens is 194 g/mol. The van der Waals surface area contributed by atoms with Gasteiger partial charge in [0.15, 0.2) is 0 Å². The quantitative estimate of drug-likeness (QED) is 0.574. The summed E-state index contributed by atoms with van der Waals surface area (Å²) >= 11 is 0. The number of nitrogens with one attached hydrogen (secondary N) is 1. The molecule has 78 valence electrons. The van der Waals surface area contributed by atoms with Crippen LogP contribution in [0.4, 0.5) is 11.4 Å². The highest BCUT2D eigenvalue weighted by molar-refractivity contribution is 5.76. The first-order valence-electron chi connectivity index (χ1n) is 4.59. The summed E-state index contributed by atoms with van der Waals surface area (Å²) in [4.78, 5) is 0. The van der Waals surface area contributed by atoms with Gasteiger partial charge in [0.1, 0.15) is 17.5 Å². The number of aliphatic hydroxyl groups is 1. The fraction of sp³-hybridized carbons (Fsp3) is 0.300. The smallest absolute Gasteiger partial charge is 0.146 e. The lowest BCUT2D eigenvalue weighted by atomic mass is 10.1. The largest absolute Gasteiger partial charge is 0.484 e. The molecule has 0 saturated carbocycles. The van der Waals surface area contributed by atoms with Gasteiger partial charge in [-0.2, -0.15) is 5.26 Å². The van der Waals surface area contributed by atoms with E-state index in [4.69, 9.17) is 20.8 Å².